The first-order valence-electron chi connectivity index (χ1n) is 20.8. The molecule has 60 heavy (non-hydrogen) atoms. The third kappa shape index (κ3) is 5.19. The summed E-state index contributed by atoms with van der Waals surface area (Å²) in [6.45, 7) is 0. The van der Waals surface area contributed by atoms with Crippen molar-refractivity contribution in [3.05, 3.63) is 263 Å². The number of fused-ring (bicyclic) bond motifs is 10. The van der Waals surface area contributed by atoms with E-state index in [1.54, 1.807) is 0 Å². The molecule has 1 atom stereocenters. The molecule has 0 bridgehead atoms. The maximum Gasteiger partial charge on any atom is 0.134 e. The van der Waals surface area contributed by atoms with Gasteiger partial charge in [-0.15, -0.1) is 0 Å². The number of rotatable bonds is 5. The van der Waals surface area contributed by atoms with E-state index >= 15 is 0 Å². The van der Waals surface area contributed by atoms with Crippen molar-refractivity contribution in [3.8, 4) is 33.4 Å². The van der Waals surface area contributed by atoms with E-state index < -0.39 is 5.41 Å². The van der Waals surface area contributed by atoms with Gasteiger partial charge in [-0.25, -0.2) is 4.99 Å². The van der Waals surface area contributed by atoms with Crippen molar-refractivity contribution in [2.45, 2.75) is 11.5 Å². The predicted octanol–water partition coefficient (Wildman–Crippen LogP) is 13.4. The normalized spacial score (nSPS) is 16.3. The Bertz CT molecular complexity index is 3070. The van der Waals surface area contributed by atoms with Gasteiger partial charge >= 0.3 is 0 Å². The minimum absolute atomic E-state index is 0.0233. The lowest BCUT2D eigenvalue weighted by molar-refractivity contribution is 0.753. The van der Waals surface area contributed by atoms with Crippen molar-refractivity contribution >= 4 is 28.6 Å². The number of amidine groups is 1. The number of aliphatic imine (C=N–C) groups is 1. The van der Waals surface area contributed by atoms with Gasteiger partial charge in [-0.2, -0.15) is 0 Å². The van der Waals surface area contributed by atoms with E-state index in [0.29, 0.717) is 0 Å². The van der Waals surface area contributed by atoms with Crippen LogP contribution >= 0.6 is 0 Å². The number of allylic oxidation sites excluding steroid dienone is 2. The summed E-state index contributed by atoms with van der Waals surface area (Å²) in [5, 5.41) is 3.78. The van der Waals surface area contributed by atoms with Gasteiger partial charge in [0.05, 0.1) is 28.5 Å². The van der Waals surface area contributed by atoms with E-state index in [0.717, 1.165) is 33.9 Å². The number of hydrogen-bond acceptors (Lipinski definition) is 3. The molecule has 3 heteroatoms. The zero-order valence-electron chi connectivity index (χ0n) is 32.8. The van der Waals surface area contributed by atoms with Crippen LogP contribution in [0.15, 0.2) is 235 Å². The van der Waals surface area contributed by atoms with Crippen molar-refractivity contribution in [2.24, 2.45) is 4.99 Å². The molecule has 0 aromatic heterocycles. The Hall–Kier alpha value is -7.75. The summed E-state index contributed by atoms with van der Waals surface area (Å²) >= 11 is 0. The minimum atomic E-state index is -0.514. The van der Waals surface area contributed by atoms with Crippen molar-refractivity contribution in [1.29, 1.82) is 0 Å². The monoisotopic (exact) mass is 765 g/mol. The molecule has 2 aliphatic heterocycles. The quantitative estimate of drug-likeness (QED) is 0.189. The van der Waals surface area contributed by atoms with Gasteiger partial charge in [0.1, 0.15) is 5.84 Å². The van der Waals surface area contributed by atoms with Gasteiger partial charge < -0.3 is 10.2 Å². The van der Waals surface area contributed by atoms with Crippen LogP contribution in [-0.2, 0) is 5.41 Å². The Morgan fingerprint density at radius 3 is 1.77 bits per heavy atom. The second-order valence-corrected chi connectivity index (χ2v) is 15.9. The number of para-hydroxylation sites is 3. The molecule has 0 saturated carbocycles. The van der Waals surface area contributed by atoms with Crippen molar-refractivity contribution < 1.29 is 0 Å². The number of anilines is 3. The molecule has 2 heterocycles. The third-order valence-corrected chi connectivity index (χ3v) is 12.7. The molecule has 0 saturated heterocycles. The molecule has 282 valence electrons. The van der Waals surface area contributed by atoms with Crippen LogP contribution in [0.3, 0.4) is 0 Å². The maximum atomic E-state index is 5.37. The lowest BCUT2D eigenvalue weighted by Crippen LogP contribution is -2.39. The highest BCUT2D eigenvalue weighted by Crippen LogP contribution is 2.63. The van der Waals surface area contributed by atoms with Gasteiger partial charge in [0.15, 0.2) is 0 Å². The Kier molecular flexibility index (Phi) is 7.82. The van der Waals surface area contributed by atoms with E-state index in [2.05, 4.69) is 235 Å². The third-order valence-electron chi connectivity index (χ3n) is 12.7. The second kappa shape index (κ2) is 13.7. The molecule has 8 aromatic carbocycles. The van der Waals surface area contributed by atoms with Gasteiger partial charge in [-0.1, -0.05) is 188 Å². The van der Waals surface area contributed by atoms with Crippen LogP contribution in [0.2, 0.25) is 0 Å². The topological polar surface area (TPSA) is 27.6 Å². The summed E-state index contributed by atoms with van der Waals surface area (Å²) in [4.78, 5) is 7.81. The summed E-state index contributed by atoms with van der Waals surface area (Å²) in [5.41, 5.74) is 19.8. The fourth-order valence-corrected chi connectivity index (χ4v) is 10.1. The molecule has 1 N–H and O–H groups in total. The number of benzene rings is 8. The van der Waals surface area contributed by atoms with Crippen molar-refractivity contribution in [1.82, 2.24) is 5.32 Å². The minimum Gasteiger partial charge on any atom is -0.359 e. The van der Waals surface area contributed by atoms with Crippen LogP contribution in [0.1, 0.15) is 33.4 Å². The molecule has 4 aliphatic rings. The zero-order chi connectivity index (χ0) is 39.6. The fourth-order valence-electron chi connectivity index (χ4n) is 10.1. The highest BCUT2D eigenvalue weighted by molar-refractivity contribution is 6.05. The summed E-state index contributed by atoms with van der Waals surface area (Å²) in [6, 6.07) is 73.1. The summed E-state index contributed by atoms with van der Waals surface area (Å²) in [6.07, 6.45) is 8.64. The van der Waals surface area contributed by atoms with Crippen LogP contribution in [0.5, 0.6) is 0 Å². The summed E-state index contributed by atoms with van der Waals surface area (Å²) in [5.74, 6) is 0.869. The standard InChI is InChI=1S/C57H39N3/c1-3-16-38(17-4-1)39-30-32-40(33-31-39)55-47-23-8-12-27-52(47)58-56(59-55)43-19-15-18-41(36-43)42-34-35-46-45-22-7-9-24-48(45)57(51(46)37-42)49-25-10-13-28-53(49)60(44-20-5-2-6-21-44)54-29-14-11-26-50(54)57/h1-37,52H,(H,58,59). The van der Waals surface area contributed by atoms with Crippen LogP contribution in [0.4, 0.5) is 17.1 Å². The van der Waals surface area contributed by atoms with Crippen LogP contribution in [-0.4, -0.2) is 11.9 Å². The zero-order valence-corrected chi connectivity index (χ0v) is 32.8. The molecule has 3 nitrogen and oxygen atoms in total. The summed E-state index contributed by atoms with van der Waals surface area (Å²) in [7, 11) is 0. The van der Waals surface area contributed by atoms with Gasteiger partial charge in [0.2, 0.25) is 0 Å². The van der Waals surface area contributed by atoms with Gasteiger partial charge in [0.25, 0.3) is 0 Å². The molecule has 8 aromatic rings. The Morgan fingerprint density at radius 1 is 0.433 bits per heavy atom. The Labute approximate surface area is 350 Å². The highest BCUT2D eigenvalue weighted by Gasteiger charge is 2.51. The van der Waals surface area contributed by atoms with E-state index in [1.807, 2.05) is 0 Å². The van der Waals surface area contributed by atoms with E-state index in [-0.39, 0.29) is 6.04 Å². The maximum absolute atomic E-state index is 5.37. The molecular weight excluding hydrogens is 727 g/mol. The van der Waals surface area contributed by atoms with Crippen LogP contribution < -0.4 is 10.2 Å². The second-order valence-electron chi connectivity index (χ2n) is 15.9. The SMILES string of the molecule is C1=CC2=C(c3ccc(-c4ccccc4)cc3)N=C(c3cccc(-c4ccc5c(c4)C4(c6ccccc6-5)c5ccccc5N(c5ccccc5)c5ccccc54)c3)NC2C=C1. The molecule has 1 unspecified atom stereocenters. The molecular formula is C57H39N3. The van der Waals surface area contributed by atoms with Gasteiger partial charge in [0, 0.05) is 22.4 Å². The number of nitrogens with zero attached hydrogens (tertiary/aromatic N) is 2. The first kappa shape index (κ1) is 34.3. The molecule has 12 rings (SSSR count). The average molecular weight is 766 g/mol. The lowest BCUT2D eigenvalue weighted by atomic mass is 9.64. The first-order chi connectivity index (χ1) is 29.8. The van der Waals surface area contributed by atoms with Crippen LogP contribution in [0, 0.1) is 0 Å². The smallest absolute Gasteiger partial charge is 0.134 e. The largest absolute Gasteiger partial charge is 0.359 e. The molecule has 0 fully saturated rings. The van der Waals surface area contributed by atoms with E-state index in [9.17, 15) is 0 Å². The van der Waals surface area contributed by atoms with E-state index in [1.165, 1.54) is 67.0 Å². The lowest BCUT2D eigenvalue weighted by Gasteiger charge is -2.45. The van der Waals surface area contributed by atoms with Gasteiger partial charge in [-0.05, 0) is 92.0 Å². The molecule has 0 amide bonds. The van der Waals surface area contributed by atoms with Crippen molar-refractivity contribution in [2.75, 3.05) is 4.90 Å². The molecule has 0 radical (unpaired) electrons. The fraction of sp³-hybridized carbons (Fsp3) is 0.0351. The molecule has 2 aliphatic carbocycles. The van der Waals surface area contributed by atoms with Crippen molar-refractivity contribution in [3.63, 3.8) is 0 Å². The number of nitrogens with one attached hydrogen (secondary N) is 1. The summed E-state index contributed by atoms with van der Waals surface area (Å²) < 4.78 is 0. The van der Waals surface area contributed by atoms with E-state index in [4.69, 9.17) is 4.99 Å². The highest BCUT2D eigenvalue weighted by atomic mass is 15.2. The van der Waals surface area contributed by atoms with Crippen LogP contribution in [0.25, 0.3) is 39.1 Å². The Balaban J connectivity index is 0.993. The van der Waals surface area contributed by atoms with Gasteiger partial charge in [-0.3, -0.25) is 0 Å². The molecule has 1 spiro atoms. The predicted molar refractivity (Wildman–Crippen MR) is 248 cm³/mol. The Morgan fingerprint density at radius 2 is 1.00 bits per heavy atom. The number of hydrogen-bond donors (Lipinski definition) is 1. The first-order valence-corrected chi connectivity index (χ1v) is 20.8. The average Bonchev–Trinajstić information content (AvgIpc) is 3.62.